The number of aliphatic hydroxyl groups is 1. The van der Waals surface area contributed by atoms with Crippen LogP contribution in [-0.4, -0.2) is 37.4 Å². The summed E-state index contributed by atoms with van der Waals surface area (Å²) in [4.78, 5) is 12.1. The van der Waals surface area contributed by atoms with Gasteiger partial charge in [-0.15, -0.1) is 10.2 Å². The van der Waals surface area contributed by atoms with Gasteiger partial charge in [-0.2, -0.15) is 5.01 Å². The number of hydrogen-bond donors (Lipinski definition) is 1. The summed E-state index contributed by atoms with van der Waals surface area (Å²) in [5, 5.41) is 19.2. The Morgan fingerprint density at radius 2 is 2.00 bits per heavy atom. The number of cyclic esters (lactones) is 1. The van der Waals surface area contributed by atoms with Crippen LogP contribution in [0.25, 0.3) is 0 Å². The number of allylic oxidation sites excluding steroid dienone is 2. The fraction of sp³-hybridized carbons (Fsp3) is 0.615. The molecule has 1 saturated heterocycles. The van der Waals surface area contributed by atoms with Crippen LogP contribution in [0.4, 0.5) is 4.79 Å². The molecule has 0 spiro atoms. The maximum atomic E-state index is 12.1. The lowest BCUT2D eigenvalue weighted by molar-refractivity contribution is -0.0941. The van der Waals surface area contributed by atoms with Crippen LogP contribution in [0.2, 0.25) is 0 Å². The SMILES string of the molecule is CC(C)=CCC[C@]1(C)OC(=O)N(n2cnnc2)[C@]1(C)O. The molecule has 0 aliphatic carbocycles. The van der Waals surface area contributed by atoms with Gasteiger partial charge < -0.3 is 9.84 Å². The molecule has 0 unspecified atom stereocenters. The third-order valence-corrected chi connectivity index (χ3v) is 3.71. The molecular weight excluding hydrogens is 260 g/mol. The van der Waals surface area contributed by atoms with E-state index in [9.17, 15) is 9.90 Å². The van der Waals surface area contributed by atoms with E-state index < -0.39 is 17.4 Å². The minimum atomic E-state index is -1.48. The predicted molar refractivity (Wildman–Crippen MR) is 72.4 cm³/mol. The van der Waals surface area contributed by atoms with Gasteiger partial charge in [0.15, 0.2) is 5.60 Å². The molecule has 2 atom stereocenters. The van der Waals surface area contributed by atoms with E-state index >= 15 is 0 Å². The van der Waals surface area contributed by atoms with Crippen LogP contribution in [0, 0.1) is 0 Å². The summed E-state index contributed by atoms with van der Waals surface area (Å²) in [5.74, 6) is 0. The lowest BCUT2D eigenvalue weighted by Crippen LogP contribution is -2.58. The van der Waals surface area contributed by atoms with E-state index in [2.05, 4.69) is 16.3 Å². The Bertz CT molecular complexity index is 520. The maximum Gasteiger partial charge on any atom is 0.432 e. The Morgan fingerprint density at radius 3 is 2.55 bits per heavy atom. The first-order valence-corrected chi connectivity index (χ1v) is 6.52. The van der Waals surface area contributed by atoms with Crippen LogP contribution >= 0.6 is 0 Å². The van der Waals surface area contributed by atoms with E-state index in [1.165, 1.54) is 22.9 Å². The van der Waals surface area contributed by atoms with Gasteiger partial charge in [0.05, 0.1) is 0 Å². The lowest BCUT2D eigenvalue weighted by Gasteiger charge is -2.36. The third-order valence-electron chi connectivity index (χ3n) is 3.71. The number of amides is 1. The molecule has 110 valence electrons. The molecule has 1 aliphatic heterocycles. The highest BCUT2D eigenvalue weighted by molar-refractivity contribution is 5.83. The van der Waals surface area contributed by atoms with Gasteiger partial charge in [-0.3, -0.25) is 0 Å². The molecule has 2 heterocycles. The van der Waals surface area contributed by atoms with Gasteiger partial charge in [0.25, 0.3) is 0 Å². The molecule has 1 amide bonds. The summed E-state index contributed by atoms with van der Waals surface area (Å²) in [6, 6.07) is 0. The van der Waals surface area contributed by atoms with Crippen LogP contribution in [0.5, 0.6) is 0 Å². The minimum absolute atomic E-state index is 0.523. The smallest absolute Gasteiger partial charge is 0.432 e. The first kappa shape index (κ1) is 14.5. The van der Waals surface area contributed by atoms with E-state index in [1.807, 2.05) is 13.8 Å². The third kappa shape index (κ3) is 2.29. The van der Waals surface area contributed by atoms with E-state index in [4.69, 9.17) is 4.74 Å². The number of carbonyl (C=O) groups is 1. The zero-order valence-electron chi connectivity index (χ0n) is 12.2. The second-order valence-electron chi connectivity index (χ2n) is 5.59. The highest BCUT2D eigenvalue weighted by atomic mass is 16.6. The molecule has 1 aromatic heterocycles. The van der Waals surface area contributed by atoms with Crippen molar-refractivity contribution in [3.63, 3.8) is 0 Å². The van der Waals surface area contributed by atoms with Crippen molar-refractivity contribution in [2.45, 2.75) is 51.9 Å². The van der Waals surface area contributed by atoms with Gasteiger partial charge in [-0.05, 0) is 40.5 Å². The molecular formula is C13H20N4O3. The van der Waals surface area contributed by atoms with Crippen molar-refractivity contribution >= 4 is 6.09 Å². The van der Waals surface area contributed by atoms with Crippen molar-refractivity contribution in [1.29, 1.82) is 0 Å². The number of rotatable bonds is 4. The Morgan fingerprint density at radius 1 is 1.40 bits per heavy atom. The number of nitrogens with zero attached hydrogens (tertiary/aromatic N) is 4. The molecule has 20 heavy (non-hydrogen) atoms. The van der Waals surface area contributed by atoms with Crippen molar-refractivity contribution in [1.82, 2.24) is 14.9 Å². The molecule has 1 aliphatic rings. The van der Waals surface area contributed by atoms with Crippen molar-refractivity contribution < 1.29 is 14.6 Å². The quantitative estimate of drug-likeness (QED) is 0.847. The van der Waals surface area contributed by atoms with Crippen molar-refractivity contribution in [2.75, 3.05) is 5.01 Å². The summed E-state index contributed by atoms with van der Waals surface area (Å²) in [6.45, 7) is 7.30. The Hall–Kier alpha value is -1.89. The second kappa shape index (κ2) is 4.90. The zero-order valence-corrected chi connectivity index (χ0v) is 12.2. The van der Waals surface area contributed by atoms with E-state index in [-0.39, 0.29) is 0 Å². The van der Waals surface area contributed by atoms with Gasteiger partial charge in [0.2, 0.25) is 5.72 Å². The number of carbonyl (C=O) groups excluding carboxylic acids is 1. The minimum Gasteiger partial charge on any atom is -0.437 e. The summed E-state index contributed by atoms with van der Waals surface area (Å²) in [7, 11) is 0. The molecule has 0 radical (unpaired) electrons. The average Bonchev–Trinajstić information content (AvgIpc) is 2.85. The van der Waals surface area contributed by atoms with Crippen LogP contribution < -0.4 is 5.01 Å². The average molecular weight is 280 g/mol. The molecule has 1 aromatic rings. The Balaban J connectivity index is 2.24. The first-order valence-electron chi connectivity index (χ1n) is 6.52. The second-order valence-corrected chi connectivity index (χ2v) is 5.59. The summed E-state index contributed by atoms with van der Waals surface area (Å²) >= 11 is 0. The standard InChI is InChI=1S/C13H20N4O3/c1-10(2)6-5-7-12(3)13(4,19)17(11(18)20-12)16-8-14-15-9-16/h6,8-9,19H,5,7H2,1-4H3/t12-,13+/m0/s1. The lowest BCUT2D eigenvalue weighted by atomic mass is 9.89. The van der Waals surface area contributed by atoms with Gasteiger partial charge >= 0.3 is 6.09 Å². The highest BCUT2D eigenvalue weighted by Gasteiger charge is 2.60. The Labute approximate surface area is 117 Å². The topological polar surface area (TPSA) is 80.5 Å². The van der Waals surface area contributed by atoms with E-state index in [1.54, 1.807) is 13.8 Å². The molecule has 0 aromatic carbocycles. The first-order chi connectivity index (χ1) is 9.28. The largest absolute Gasteiger partial charge is 0.437 e. The number of hydrogen-bond acceptors (Lipinski definition) is 5. The molecule has 1 N–H and O–H groups in total. The van der Waals surface area contributed by atoms with E-state index in [0.717, 1.165) is 11.4 Å². The molecule has 1 fully saturated rings. The van der Waals surface area contributed by atoms with Gasteiger partial charge in [0.1, 0.15) is 12.7 Å². The van der Waals surface area contributed by atoms with Gasteiger partial charge in [-0.1, -0.05) is 11.6 Å². The van der Waals surface area contributed by atoms with Crippen molar-refractivity contribution in [3.05, 3.63) is 24.3 Å². The fourth-order valence-electron chi connectivity index (χ4n) is 2.28. The summed E-state index contributed by atoms with van der Waals surface area (Å²) < 4.78 is 6.74. The molecule has 7 nitrogen and oxygen atoms in total. The summed E-state index contributed by atoms with van der Waals surface area (Å²) in [5.41, 5.74) is -1.30. The van der Waals surface area contributed by atoms with Crippen LogP contribution in [0.15, 0.2) is 24.3 Å². The van der Waals surface area contributed by atoms with E-state index in [0.29, 0.717) is 6.42 Å². The highest BCUT2D eigenvalue weighted by Crippen LogP contribution is 2.39. The maximum absolute atomic E-state index is 12.1. The van der Waals surface area contributed by atoms with Gasteiger partial charge in [-0.25, -0.2) is 9.47 Å². The molecule has 2 rings (SSSR count). The summed E-state index contributed by atoms with van der Waals surface area (Å²) in [6.07, 6.45) is 5.37. The van der Waals surface area contributed by atoms with Gasteiger partial charge in [0, 0.05) is 0 Å². The predicted octanol–water partition coefficient (Wildman–Crippen LogP) is 1.58. The Kier molecular flexibility index (Phi) is 3.56. The number of aromatic nitrogens is 3. The normalized spacial score (nSPS) is 29.4. The molecule has 0 saturated carbocycles. The molecule has 0 bridgehead atoms. The van der Waals surface area contributed by atoms with Crippen molar-refractivity contribution in [3.8, 4) is 0 Å². The monoisotopic (exact) mass is 280 g/mol. The van der Waals surface area contributed by atoms with Crippen LogP contribution in [0.3, 0.4) is 0 Å². The van der Waals surface area contributed by atoms with Crippen LogP contribution in [-0.2, 0) is 4.74 Å². The zero-order chi connectivity index (χ0) is 15.0. The number of ether oxygens (including phenoxy) is 1. The molecule has 7 heteroatoms. The fourth-order valence-corrected chi connectivity index (χ4v) is 2.28. The van der Waals surface area contributed by atoms with Crippen molar-refractivity contribution in [2.24, 2.45) is 0 Å². The van der Waals surface area contributed by atoms with Crippen LogP contribution in [0.1, 0.15) is 40.5 Å².